The number of quaternary nitrogens is 1. The SMILES string of the molecule is CCCCCCCCCC[N+](C)(C)C[Si](OC)(OC)OC.[Cl-]. The second-order valence-electron chi connectivity index (χ2n) is 6.59. The van der Waals surface area contributed by atoms with E-state index in [9.17, 15) is 0 Å². The molecular weight excluding hydrogens is 318 g/mol. The summed E-state index contributed by atoms with van der Waals surface area (Å²) >= 11 is 0. The summed E-state index contributed by atoms with van der Waals surface area (Å²) in [5.74, 6) is 0. The Bertz CT molecular complexity index is 243. The molecule has 0 heterocycles. The zero-order valence-corrected chi connectivity index (χ0v) is 17.4. The van der Waals surface area contributed by atoms with Gasteiger partial charge in [-0.1, -0.05) is 45.4 Å². The molecule has 0 bridgehead atoms. The summed E-state index contributed by atoms with van der Waals surface area (Å²) in [6, 6.07) is 0. The fourth-order valence-electron chi connectivity index (χ4n) is 2.72. The molecule has 0 saturated heterocycles. The molecule has 0 N–H and O–H groups in total. The molecule has 0 aliphatic carbocycles. The highest BCUT2D eigenvalue weighted by Gasteiger charge is 2.45. The lowest BCUT2D eigenvalue weighted by molar-refractivity contribution is -0.882. The molecule has 0 aliphatic rings. The van der Waals surface area contributed by atoms with E-state index in [1.54, 1.807) is 21.3 Å². The molecule has 6 heteroatoms. The maximum absolute atomic E-state index is 5.53. The summed E-state index contributed by atoms with van der Waals surface area (Å²) in [5, 5.41) is 0. The van der Waals surface area contributed by atoms with Gasteiger partial charge in [-0.25, -0.2) is 0 Å². The normalized spacial score (nSPS) is 12.3. The molecule has 136 valence electrons. The van der Waals surface area contributed by atoms with Crippen LogP contribution < -0.4 is 12.4 Å². The molecule has 0 fully saturated rings. The van der Waals surface area contributed by atoms with E-state index in [1.807, 2.05) is 0 Å². The molecule has 0 aliphatic heterocycles. The molecule has 0 saturated carbocycles. The minimum Gasteiger partial charge on any atom is -1.00 e. The van der Waals surface area contributed by atoms with Crippen LogP contribution in [0.4, 0.5) is 0 Å². The highest BCUT2D eigenvalue weighted by Crippen LogP contribution is 2.15. The van der Waals surface area contributed by atoms with E-state index in [0.717, 1.165) is 17.2 Å². The first kappa shape index (κ1) is 24.6. The Morgan fingerprint density at radius 3 is 1.55 bits per heavy atom. The number of halogens is 1. The van der Waals surface area contributed by atoms with Gasteiger partial charge in [0.1, 0.15) is 6.17 Å². The average Bonchev–Trinajstić information content (AvgIpc) is 2.47. The van der Waals surface area contributed by atoms with E-state index < -0.39 is 8.80 Å². The Labute approximate surface area is 145 Å². The number of hydrogen-bond acceptors (Lipinski definition) is 3. The quantitative estimate of drug-likeness (QED) is 0.260. The van der Waals surface area contributed by atoms with Gasteiger partial charge >= 0.3 is 8.80 Å². The van der Waals surface area contributed by atoms with Gasteiger partial charge in [-0.3, -0.25) is 0 Å². The lowest BCUT2D eigenvalue weighted by Crippen LogP contribution is -3.00. The standard InChI is InChI=1S/C16H38NO3Si.ClH/c1-7-8-9-10-11-12-13-14-15-17(2,3)16-21(18-4,19-5)20-6;/h7-16H2,1-6H3;1H/q+1;/p-1. The lowest BCUT2D eigenvalue weighted by atomic mass is 10.1. The van der Waals surface area contributed by atoms with Crippen LogP contribution in [0.5, 0.6) is 0 Å². The zero-order valence-electron chi connectivity index (χ0n) is 15.6. The second-order valence-corrected chi connectivity index (χ2v) is 9.49. The van der Waals surface area contributed by atoms with Crippen molar-refractivity contribution >= 4 is 8.80 Å². The first-order valence-electron chi connectivity index (χ1n) is 8.42. The van der Waals surface area contributed by atoms with Crippen molar-refractivity contribution in [2.75, 3.05) is 48.1 Å². The fourth-order valence-corrected chi connectivity index (χ4v) is 4.81. The predicted molar refractivity (Wildman–Crippen MR) is 91.2 cm³/mol. The van der Waals surface area contributed by atoms with Crippen LogP contribution in [0.25, 0.3) is 0 Å². The van der Waals surface area contributed by atoms with E-state index in [-0.39, 0.29) is 12.4 Å². The van der Waals surface area contributed by atoms with Crippen molar-refractivity contribution in [2.45, 2.75) is 58.3 Å². The molecule has 0 spiro atoms. The van der Waals surface area contributed by atoms with Crippen LogP contribution in [0.3, 0.4) is 0 Å². The molecule has 0 aromatic heterocycles. The maximum atomic E-state index is 5.53. The molecule has 4 nitrogen and oxygen atoms in total. The highest BCUT2D eigenvalue weighted by atomic mass is 35.5. The van der Waals surface area contributed by atoms with E-state index in [0.29, 0.717) is 0 Å². The van der Waals surface area contributed by atoms with Crippen LogP contribution in [-0.4, -0.2) is 61.4 Å². The van der Waals surface area contributed by atoms with Crippen molar-refractivity contribution in [3.05, 3.63) is 0 Å². The van der Waals surface area contributed by atoms with Gasteiger partial charge in [0.2, 0.25) is 0 Å². The first-order valence-corrected chi connectivity index (χ1v) is 10.4. The van der Waals surface area contributed by atoms with Crippen LogP contribution in [0.1, 0.15) is 58.3 Å². The highest BCUT2D eigenvalue weighted by molar-refractivity contribution is 6.60. The molecule has 0 aromatic rings. The summed E-state index contributed by atoms with van der Waals surface area (Å²) in [4.78, 5) is 0. The van der Waals surface area contributed by atoms with Crippen LogP contribution >= 0.6 is 0 Å². The Morgan fingerprint density at radius 2 is 1.14 bits per heavy atom. The van der Waals surface area contributed by atoms with Crippen LogP contribution in [-0.2, 0) is 13.3 Å². The van der Waals surface area contributed by atoms with Gasteiger partial charge in [0.25, 0.3) is 0 Å². The van der Waals surface area contributed by atoms with Crippen molar-refractivity contribution in [1.82, 2.24) is 0 Å². The van der Waals surface area contributed by atoms with Gasteiger partial charge in [-0.2, -0.15) is 0 Å². The fraction of sp³-hybridized carbons (Fsp3) is 1.00. The molecule has 0 radical (unpaired) electrons. The second kappa shape index (κ2) is 13.8. The Balaban J connectivity index is 0. The zero-order chi connectivity index (χ0) is 16.2. The molecule has 0 atom stereocenters. The third-order valence-electron chi connectivity index (χ3n) is 4.17. The van der Waals surface area contributed by atoms with Crippen molar-refractivity contribution in [1.29, 1.82) is 0 Å². The van der Waals surface area contributed by atoms with Crippen molar-refractivity contribution in [2.24, 2.45) is 0 Å². The third kappa shape index (κ3) is 11.0. The van der Waals surface area contributed by atoms with Gasteiger partial charge in [-0.15, -0.1) is 0 Å². The van der Waals surface area contributed by atoms with E-state index in [2.05, 4.69) is 21.0 Å². The van der Waals surface area contributed by atoms with Gasteiger partial charge in [0, 0.05) is 21.3 Å². The van der Waals surface area contributed by atoms with Gasteiger partial charge in [0.05, 0.1) is 20.6 Å². The molecule has 0 unspecified atom stereocenters. The largest absolute Gasteiger partial charge is 1.00 e. The van der Waals surface area contributed by atoms with Crippen LogP contribution in [0.15, 0.2) is 0 Å². The number of unbranched alkanes of at least 4 members (excludes halogenated alkanes) is 7. The summed E-state index contributed by atoms with van der Waals surface area (Å²) in [6.07, 6.45) is 11.7. The monoisotopic (exact) mass is 355 g/mol. The predicted octanol–water partition coefficient (Wildman–Crippen LogP) is 0.625. The Morgan fingerprint density at radius 1 is 0.727 bits per heavy atom. The van der Waals surface area contributed by atoms with Gasteiger partial charge in [0.15, 0.2) is 0 Å². The minimum atomic E-state index is -2.47. The number of rotatable bonds is 14. The van der Waals surface area contributed by atoms with Crippen LogP contribution in [0.2, 0.25) is 0 Å². The van der Waals surface area contributed by atoms with Crippen molar-refractivity contribution in [3.63, 3.8) is 0 Å². The van der Waals surface area contributed by atoms with Gasteiger partial charge < -0.3 is 30.2 Å². The van der Waals surface area contributed by atoms with E-state index >= 15 is 0 Å². The smallest absolute Gasteiger partial charge is 0.558 e. The van der Waals surface area contributed by atoms with E-state index in [4.69, 9.17) is 13.3 Å². The van der Waals surface area contributed by atoms with Crippen LogP contribution in [0, 0.1) is 0 Å². The summed E-state index contributed by atoms with van der Waals surface area (Å²) in [5.41, 5.74) is 0. The van der Waals surface area contributed by atoms with Crippen molar-refractivity contribution < 1.29 is 30.2 Å². The summed E-state index contributed by atoms with van der Waals surface area (Å²) in [6.45, 7) is 3.42. The molecule has 0 rings (SSSR count). The third-order valence-corrected chi connectivity index (χ3v) is 7.28. The average molecular weight is 356 g/mol. The topological polar surface area (TPSA) is 27.7 Å². The van der Waals surface area contributed by atoms with E-state index in [1.165, 1.54) is 51.4 Å². The Hall–Kier alpha value is 0.347. The molecule has 0 aromatic carbocycles. The number of hydrogen-bond donors (Lipinski definition) is 0. The molecular formula is C16H38ClNO3Si. The maximum Gasteiger partial charge on any atom is 0.558 e. The lowest BCUT2D eigenvalue weighted by Gasteiger charge is -2.35. The Kier molecular flexibility index (Phi) is 15.4. The molecule has 0 amide bonds. The van der Waals surface area contributed by atoms with Crippen molar-refractivity contribution in [3.8, 4) is 0 Å². The summed E-state index contributed by atoms with van der Waals surface area (Å²) < 4.78 is 17.5. The molecule has 22 heavy (non-hydrogen) atoms. The first-order chi connectivity index (χ1) is 9.95. The minimum absolute atomic E-state index is 0. The van der Waals surface area contributed by atoms with Gasteiger partial charge in [-0.05, 0) is 12.8 Å². The number of nitrogens with zero attached hydrogens (tertiary/aromatic N) is 1. The summed E-state index contributed by atoms with van der Waals surface area (Å²) in [7, 11) is 7.07.